The lowest BCUT2D eigenvalue weighted by Crippen LogP contribution is -2.37. The minimum atomic E-state index is -2.94. The molecule has 1 saturated carbocycles. The van der Waals surface area contributed by atoms with Gasteiger partial charge < -0.3 is 19.1 Å². The fraction of sp³-hybridized carbons (Fsp3) is 0.269. The molecule has 1 aliphatic carbocycles. The van der Waals surface area contributed by atoms with E-state index < -0.39 is 12.5 Å². The van der Waals surface area contributed by atoms with Crippen molar-refractivity contribution in [2.75, 3.05) is 7.11 Å². The molecule has 2 aliphatic rings. The minimum Gasteiger partial charge on any atom is -0.493 e. The SMILES string of the molecule is COc1cc(CN(C(=O)C2c3ccccc3Oc3ccccc32)C2CC2)ccc1OC(F)F. The fourth-order valence-corrected chi connectivity index (χ4v) is 4.32. The molecule has 0 saturated heterocycles. The lowest BCUT2D eigenvalue weighted by molar-refractivity contribution is -0.133. The zero-order chi connectivity index (χ0) is 22.9. The number of halogens is 2. The summed E-state index contributed by atoms with van der Waals surface area (Å²) in [6.45, 7) is -2.60. The monoisotopic (exact) mass is 451 g/mol. The number of alkyl halides is 2. The van der Waals surface area contributed by atoms with Crippen molar-refractivity contribution in [1.29, 1.82) is 0 Å². The highest BCUT2D eigenvalue weighted by Crippen LogP contribution is 2.46. The quantitative estimate of drug-likeness (QED) is 0.461. The zero-order valence-corrected chi connectivity index (χ0v) is 18.0. The Morgan fingerprint density at radius 1 is 1.00 bits per heavy atom. The Bertz CT molecular complexity index is 1130. The lowest BCUT2D eigenvalue weighted by atomic mass is 9.86. The van der Waals surface area contributed by atoms with E-state index in [1.807, 2.05) is 53.4 Å². The Morgan fingerprint density at radius 2 is 1.64 bits per heavy atom. The number of para-hydroxylation sites is 2. The summed E-state index contributed by atoms with van der Waals surface area (Å²) in [5.41, 5.74) is 2.46. The van der Waals surface area contributed by atoms with Gasteiger partial charge in [-0.15, -0.1) is 0 Å². The number of fused-ring (bicyclic) bond motifs is 2. The van der Waals surface area contributed by atoms with Crippen molar-refractivity contribution in [1.82, 2.24) is 4.90 Å². The fourth-order valence-electron chi connectivity index (χ4n) is 4.32. The van der Waals surface area contributed by atoms with Gasteiger partial charge in [0.2, 0.25) is 5.91 Å². The largest absolute Gasteiger partial charge is 0.493 e. The van der Waals surface area contributed by atoms with Gasteiger partial charge in [0.05, 0.1) is 13.0 Å². The average Bonchev–Trinajstić information content (AvgIpc) is 3.66. The van der Waals surface area contributed by atoms with Crippen molar-refractivity contribution in [2.24, 2.45) is 0 Å². The molecule has 0 N–H and O–H groups in total. The molecule has 1 aliphatic heterocycles. The number of hydrogen-bond donors (Lipinski definition) is 0. The van der Waals surface area contributed by atoms with Crippen LogP contribution in [-0.2, 0) is 11.3 Å². The Labute approximate surface area is 190 Å². The maximum Gasteiger partial charge on any atom is 0.387 e. The molecule has 5 nitrogen and oxygen atoms in total. The number of methoxy groups -OCH3 is 1. The summed E-state index contributed by atoms with van der Waals surface area (Å²) in [5.74, 6) is 1.05. The summed E-state index contributed by atoms with van der Waals surface area (Å²) < 4.78 is 41.2. The van der Waals surface area contributed by atoms with Crippen molar-refractivity contribution >= 4 is 5.91 Å². The van der Waals surface area contributed by atoms with Crippen LogP contribution < -0.4 is 14.2 Å². The smallest absolute Gasteiger partial charge is 0.387 e. The predicted molar refractivity (Wildman–Crippen MR) is 118 cm³/mol. The average molecular weight is 451 g/mol. The van der Waals surface area contributed by atoms with Gasteiger partial charge in [0.1, 0.15) is 11.5 Å². The van der Waals surface area contributed by atoms with Crippen LogP contribution in [0.25, 0.3) is 0 Å². The predicted octanol–water partition coefficient (Wildman–Crippen LogP) is 5.73. The molecule has 0 aromatic heterocycles. The molecule has 3 aromatic carbocycles. The second kappa shape index (κ2) is 8.73. The number of carbonyl (C=O) groups is 1. The van der Waals surface area contributed by atoms with Gasteiger partial charge in [-0.25, -0.2) is 0 Å². The van der Waals surface area contributed by atoms with Gasteiger partial charge in [-0.3, -0.25) is 4.79 Å². The Morgan fingerprint density at radius 3 is 2.21 bits per heavy atom. The highest BCUT2D eigenvalue weighted by atomic mass is 19.3. The molecule has 5 rings (SSSR count). The second-order valence-corrected chi connectivity index (χ2v) is 8.17. The van der Waals surface area contributed by atoms with Gasteiger partial charge in [-0.2, -0.15) is 8.78 Å². The van der Waals surface area contributed by atoms with Crippen molar-refractivity contribution in [2.45, 2.75) is 38.0 Å². The maximum absolute atomic E-state index is 14.0. The van der Waals surface area contributed by atoms with Gasteiger partial charge in [0.15, 0.2) is 11.5 Å². The van der Waals surface area contributed by atoms with Crippen LogP contribution in [0.2, 0.25) is 0 Å². The maximum atomic E-state index is 14.0. The highest BCUT2D eigenvalue weighted by molar-refractivity contribution is 5.90. The molecule has 0 bridgehead atoms. The standard InChI is InChI=1S/C26H23F2NO4/c1-31-23-14-16(10-13-22(23)33-26(27)28)15-29(17-11-12-17)25(30)24-18-6-2-4-8-20(18)32-21-9-5-3-7-19(21)24/h2-10,13-14,17,24,26H,11-12,15H2,1H3. The van der Waals surface area contributed by atoms with E-state index in [-0.39, 0.29) is 23.4 Å². The molecule has 0 atom stereocenters. The number of amides is 1. The van der Waals surface area contributed by atoms with Gasteiger partial charge >= 0.3 is 6.61 Å². The van der Waals surface area contributed by atoms with E-state index in [2.05, 4.69) is 4.74 Å². The van der Waals surface area contributed by atoms with Gasteiger partial charge in [-0.1, -0.05) is 42.5 Å². The first-order valence-corrected chi connectivity index (χ1v) is 10.8. The summed E-state index contributed by atoms with van der Waals surface area (Å²) >= 11 is 0. The molecule has 0 spiro atoms. The van der Waals surface area contributed by atoms with E-state index in [9.17, 15) is 13.6 Å². The minimum absolute atomic E-state index is 0.00688. The molecule has 0 radical (unpaired) electrons. The van der Waals surface area contributed by atoms with Crippen molar-refractivity contribution in [3.05, 3.63) is 83.4 Å². The molecule has 33 heavy (non-hydrogen) atoms. The lowest BCUT2D eigenvalue weighted by Gasteiger charge is -2.32. The summed E-state index contributed by atoms with van der Waals surface area (Å²) in [6.07, 6.45) is 1.87. The molecule has 1 heterocycles. The molecule has 170 valence electrons. The topological polar surface area (TPSA) is 48.0 Å². The first kappa shape index (κ1) is 21.2. The molecular formula is C26H23F2NO4. The Kier molecular flexibility index (Phi) is 5.62. The number of benzene rings is 3. The summed E-state index contributed by atoms with van der Waals surface area (Å²) in [7, 11) is 1.40. The third-order valence-electron chi connectivity index (χ3n) is 5.99. The summed E-state index contributed by atoms with van der Waals surface area (Å²) in [5, 5.41) is 0. The van der Waals surface area contributed by atoms with Crippen LogP contribution in [0.1, 0.15) is 35.4 Å². The van der Waals surface area contributed by atoms with Crippen LogP contribution >= 0.6 is 0 Å². The van der Waals surface area contributed by atoms with E-state index >= 15 is 0 Å². The third-order valence-corrected chi connectivity index (χ3v) is 5.99. The second-order valence-electron chi connectivity index (χ2n) is 8.17. The molecular weight excluding hydrogens is 428 g/mol. The van der Waals surface area contributed by atoms with E-state index in [0.29, 0.717) is 18.0 Å². The number of nitrogens with zero attached hydrogens (tertiary/aromatic N) is 1. The van der Waals surface area contributed by atoms with Crippen LogP contribution in [0.3, 0.4) is 0 Å². The van der Waals surface area contributed by atoms with Crippen LogP contribution in [0.15, 0.2) is 66.7 Å². The van der Waals surface area contributed by atoms with Crippen LogP contribution in [0.4, 0.5) is 8.78 Å². The molecule has 7 heteroatoms. The highest BCUT2D eigenvalue weighted by Gasteiger charge is 2.40. The number of rotatable bonds is 7. The first-order chi connectivity index (χ1) is 16.0. The summed E-state index contributed by atoms with van der Waals surface area (Å²) in [6, 6.07) is 20.1. The summed E-state index contributed by atoms with van der Waals surface area (Å²) in [4.78, 5) is 15.9. The van der Waals surface area contributed by atoms with Crippen molar-refractivity contribution in [3.63, 3.8) is 0 Å². The first-order valence-electron chi connectivity index (χ1n) is 10.8. The van der Waals surface area contributed by atoms with Gasteiger partial charge in [0.25, 0.3) is 0 Å². The normalized spacial score (nSPS) is 14.8. The zero-order valence-electron chi connectivity index (χ0n) is 18.0. The van der Waals surface area contributed by atoms with E-state index in [4.69, 9.17) is 9.47 Å². The van der Waals surface area contributed by atoms with Crippen molar-refractivity contribution < 1.29 is 27.8 Å². The molecule has 1 fully saturated rings. The number of carbonyl (C=O) groups excluding carboxylic acids is 1. The molecule has 1 amide bonds. The van der Waals surface area contributed by atoms with Gasteiger partial charge in [0, 0.05) is 23.7 Å². The number of ether oxygens (including phenoxy) is 3. The van der Waals surface area contributed by atoms with Crippen molar-refractivity contribution in [3.8, 4) is 23.0 Å². The molecule has 0 unspecified atom stereocenters. The van der Waals surface area contributed by atoms with E-state index in [1.165, 1.54) is 13.2 Å². The van der Waals surface area contributed by atoms with Crippen LogP contribution in [0, 0.1) is 0 Å². The third kappa shape index (κ3) is 4.23. The Balaban J connectivity index is 1.48. The number of hydrogen-bond acceptors (Lipinski definition) is 4. The van der Waals surface area contributed by atoms with Crippen LogP contribution in [0.5, 0.6) is 23.0 Å². The van der Waals surface area contributed by atoms with Crippen LogP contribution in [-0.4, -0.2) is 30.6 Å². The Hall–Kier alpha value is -3.61. The molecule has 3 aromatic rings. The van der Waals surface area contributed by atoms with E-state index in [0.717, 1.165) is 29.5 Å². The van der Waals surface area contributed by atoms with Gasteiger partial charge in [-0.05, 0) is 42.7 Å². The van der Waals surface area contributed by atoms with E-state index in [1.54, 1.807) is 12.1 Å².